The second-order valence-electron chi connectivity index (χ2n) is 4.61. The number of hydrogen-bond donors (Lipinski definition) is 1. The highest BCUT2D eigenvalue weighted by Crippen LogP contribution is 2.17. The van der Waals surface area contributed by atoms with E-state index in [1.54, 1.807) is 0 Å². The molecule has 1 N–H and O–H groups in total. The molecule has 1 aromatic rings. The lowest BCUT2D eigenvalue weighted by Gasteiger charge is -2.16. The number of ether oxygens (including phenoxy) is 1. The number of likely N-dealkylation sites (tertiary alicyclic amines) is 1. The molecule has 1 heterocycles. The summed E-state index contributed by atoms with van der Waals surface area (Å²) in [6.07, 6.45) is 1.30. The summed E-state index contributed by atoms with van der Waals surface area (Å²) < 4.78 is 5.57. The van der Waals surface area contributed by atoms with E-state index in [2.05, 4.69) is 0 Å². The van der Waals surface area contributed by atoms with Gasteiger partial charge in [0.25, 0.3) is 0 Å². The number of aliphatic hydroxyl groups is 1. The van der Waals surface area contributed by atoms with E-state index in [0.717, 1.165) is 12.2 Å². The van der Waals surface area contributed by atoms with Crippen LogP contribution >= 0.6 is 0 Å². The first-order valence-corrected chi connectivity index (χ1v) is 6.36. The Kier molecular flexibility index (Phi) is 4.59. The Bertz CT molecular complexity index is 380. The standard InChI is InChI=1S/C14H19NO3/c16-11-12-9-14(17)15(10-12)7-4-8-18-13-5-2-1-3-6-13/h1-3,5-6,12,16H,4,7-11H2. The van der Waals surface area contributed by atoms with Crippen molar-refractivity contribution in [2.45, 2.75) is 12.8 Å². The predicted molar refractivity (Wildman–Crippen MR) is 68.3 cm³/mol. The van der Waals surface area contributed by atoms with E-state index in [1.807, 2.05) is 35.2 Å². The van der Waals surface area contributed by atoms with Crippen molar-refractivity contribution in [2.75, 3.05) is 26.3 Å². The highest BCUT2D eigenvalue weighted by molar-refractivity contribution is 5.78. The van der Waals surface area contributed by atoms with Crippen molar-refractivity contribution >= 4 is 5.91 Å². The number of carbonyl (C=O) groups excluding carboxylic acids is 1. The Morgan fingerprint density at radius 2 is 2.11 bits per heavy atom. The average Bonchev–Trinajstić information content (AvgIpc) is 2.77. The lowest BCUT2D eigenvalue weighted by molar-refractivity contribution is -0.127. The minimum atomic E-state index is 0.1000. The summed E-state index contributed by atoms with van der Waals surface area (Å²) in [6, 6.07) is 9.66. The molecule has 98 valence electrons. The van der Waals surface area contributed by atoms with E-state index in [-0.39, 0.29) is 18.4 Å². The Balaban J connectivity index is 1.65. The van der Waals surface area contributed by atoms with Crippen molar-refractivity contribution in [2.24, 2.45) is 5.92 Å². The highest BCUT2D eigenvalue weighted by Gasteiger charge is 2.28. The van der Waals surface area contributed by atoms with Gasteiger partial charge in [-0.1, -0.05) is 18.2 Å². The van der Waals surface area contributed by atoms with Crippen molar-refractivity contribution in [3.05, 3.63) is 30.3 Å². The number of aliphatic hydroxyl groups excluding tert-OH is 1. The van der Waals surface area contributed by atoms with Gasteiger partial charge in [0, 0.05) is 32.0 Å². The Morgan fingerprint density at radius 3 is 2.78 bits per heavy atom. The zero-order valence-corrected chi connectivity index (χ0v) is 10.4. The molecular formula is C14H19NO3. The molecule has 1 unspecified atom stereocenters. The predicted octanol–water partition coefficient (Wildman–Crippen LogP) is 1.30. The van der Waals surface area contributed by atoms with Crippen LogP contribution in [0.2, 0.25) is 0 Å². The third-order valence-electron chi connectivity index (χ3n) is 3.14. The molecule has 0 spiro atoms. The quantitative estimate of drug-likeness (QED) is 0.773. The van der Waals surface area contributed by atoms with Crippen molar-refractivity contribution < 1.29 is 14.6 Å². The van der Waals surface area contributed by atoms with Crippen molar-refractivity contribution in [3.8, 4) is 5.75 Å². The van der Waals surface area contributed by atoms with Gasteiger partial charge in [0.2, 0.25) is 5.91 Å². The van der Waals surface area contributed by atoms with Crippen LogP contribution in [0.15, 0.2) is 30.3 Å². The molecule has 0 aliphatic carbocycles. The van der Waals surface area contributed by atoms with Crippen LogP contribution < -0.4 is 4.74 Å². The second kappa shape index (κ2) is 6.40. The fraction of sp³-hybridized carbons (Fsp3) is 0.500. The molecule has 1 aromatic carbocycles. The van der Waals surface area contributed by atoms with Crippen LogP contribution in [0, 0.1) is 5.92 Å². The van der Waals surface area contributed by atoms with Crippen LogP contribution in [-0.4, -0.2) is 42.2 Å². The molecule has 1 aliphatic rings. The normalized spacial score (nSPS) is 19.3. The molecule has 4 nitrogen and oxygen atoms in total. The average molecular weight is 249 g/mol. The molecule has 1 atom stereocenters. The van der Waals surface area contributed by atoms with Crippen LogP contribution in [0.3, 0.4) is 0 Å². The fourth-order valence-corrected chi connectivity index (χ4v) is 2.15. The fourth-order valence-electron chi connectivity index (χ4n) is 2.15. The summed E-state index contributed by atoms with van der Waals surface area (Å²) in [5, 5.41) is 9.02. The van der Waals surface area contributed by atoms with E-state index in [1.165, 1.54) is 0 Å². The minimum Gasteiger partial charge on any atom is -0.494 e. The molecule has 1 fully saturated rings. The summed E-state index contributed by atoms with van der Waals surface area (Å²) in [4.78, 5) is 13.4. The van der Waals surface area contributed by atoms with Gasteiger partial charge in [-0.25, -0.2) is 0 Å². The number of nitrogens with zero attached hydrogens (tertiary/aromatic N) is 1. The smallest absolute Gasteiger partial charge is 0.223 e. The number of para-hydroxylation sites is 1. The molecule has 1 amide bonds. The minimum absolute atomic E-state index is 0.1000. The first-order valence-electron chi connectivity index (χ1n) is 6.36. The summed E-state index contributed by atoms with van der Waals surface area (Å²) in [5.41, 5.74) is 0. The van der Waals surface area contributed by atoms with E-state index >= 15 is 0 Å². The van der Waals surface area contributed by atoms with Crippen molar-refractivity contribution in [1.29, 1.82) is 0 Å². The van der Waals surface area contributed by atoms with E-state index < -0.39 is 0 Å². The van der Waals surface area contributed by atoms with Crippen LogP contribution in [0.1, 0.15) is 12.8 Å². The molecule has 2 rings (SSSR count). The topological polar surface area (TPSA) is 49.8 Å². The van der Waals surface area contributed by atoms with Gasteiger partial charge in [-0.3, -0.25) is 4.79 Å². The van der Waals surface area contributed by atoms with Crippen LogP contribution in [0.4, 0.5) is 0 Å². The van der Waals surface area contributed by atoms with E-state index in [0.29, 0.717) is 26.1 Å². The Hall–Kier alpha value is -1.55. The lowest BCUT2D eigenvalue weighted by Crippen LogP contribution is -2.27. The monoisotopic (exact) mass is 249 g/mol. The molecule has 1 saturated heterocycles. The largest absolute Gasteiger partial charge is 0.494 e. The number of benzene rings is 1. The van der Waals surface area contributed by atoms with E-state index in [9.17, 15) is 4.79 Å². The van der Waals surface area contributed by atoms with Crippen molar-refractivity contribution in [3.63, 3.8) is 0 Å². The van der Waals surface area contributed by atoms with Gasteiger partial charge in [-0.15, -0.1) is 0 Å². The van der Waals surface area contributed by atoms with Gasteiger partial charge in [0.05, 0.1) is 6.61 Å². The molecule has 18 heavy (non-hydrogen) atoms. The van der Waals surface area contributed by atoms with Crippen molar-refractivity contribution in [1.82, 2.24) is 4.90 Å². The van der Waals surface area contributed by atoms with Gasteiger partial charge in [0.1, 0.15) is 5.75 Å². The van der Waals surface area contributed by atoms with Crippen LogP contribution in [0.5, 0.6) is 5.75 Å². The zero-order valence-electron chi connectivity index (χ0n) is 10.4. The third-order valence-corrected chi connectivity index (χ3v) is 3.14. The molecule has 0 bridgehead atoms. The molecule has 0 aromatic heterocycles. The lowest BCUT2D eigenvalue weighted by atomic mass is 10.1. The highest BCUT2D eigenvalue weighted by atomic mass is 16.5. The first kappa shape index (κ1) is 12.9. The Labute approximate surface area is 107 Å². The van der Waals surface area contributed by atoms with Gasteiger partial charge >= 0.3 is 0 Å². The summed E-state index contributed by atoms with van der Waals surface area (Å²) >= 11 is 0. The van der Waals surface area contributed by atoms with Gasteiger partial charge in [0.15, 0.2) is 0 Å². The maximum absolute atomic E-state index is 11.6. The SMILES string of the molecule is O=C1CC(CO)CN1CCCOc1ccccc1. The number of carbonyl (C=O) groups is 1. The summed E-state index contributed by atoms with van der Waals surface area (Å²) in [5.74, 6) is 1.12. The maximum Gasteiger partial charge on any atom is 0.223 e. The molecule has 0 radical (unpaired) electrons. The summed E-state index contributed by atoms with van der Waals surface area (Å²) in [6.45, 7) is 2.10. The molecular weight excluding hydrogens is 230 g/mol. The van der Waals surface area contributed by atoms with Crippen LogP contribution in [-0.2, 0) is 4.79 Å². The number of amides is 1. The number of rotatable bonds is 6. The first-order chi connectivity index (χ1) is 8.79. The number of hydrogen-bond acceptors (Lipinski definition) is 3. The second-order valence-corrected chi connectivity index (χ2v) is 4.61. The van der Waals surface area contributed by atoms with Gasteiger partial charge in [-0.05, 0) is 18.6 Å². The maximum atomic E-state index is 11.6. The van der Waals surface area contributed by atoms with Crippen LogP contribution in [0.25, 0.3) is 0 Å². The Morgan fingerprint density at radius 1 is 1.33 bits per heavy atom. The molecule has 4 heteroatoms. The van der Waals surface area contributed by atoms with Gasteiger partial charge < -0.3 is 14.7 Å². The molecule has 1 aliphatic heterocycles. The third kappa shape index (κ3) is 3.47. The zero-order chi connectivity index (χ0) is 12.8. The van der Waals surface area contributed by atoms with E-state index in [4.69, 9.17) is 9.84 Å². The van der Waals surface area contributed by atoms with Gasteiger partial charge in [-0.2, -0.15) is 0 Å². The molecule has 0 saturated carbocycles. The summed E-state index contributed by atoms with van der Waals surface area (Å²) in [7, 11) is 0.